The van der Waals surface area contributed by atoms with E-state index in [1.807, 2.05) is 12.1 Å². The van der Waals surface area contributed by atoms with Crippen LogP contribution in [0.4, 0.5) is 5.69 Å². The van der Waals surface area contributed by atoms with Crippen LogP contribution in [0, 0.1) is 0 Å². The Balaban J connectivity index is 1.95. The van der Waals surface area contributed by atoms with Gasteiger partial charge in [0.15, 0.2) is 0 Å². The van der Waals surface area contributed by atoms with Crippen LogP contribution in [0.5, 0.6) is 0 Å². The molecule has 0 aromatic heterocycles. The molecule has 2 rings (SSSR count). The largest absolute Gasteiger partial charge is 0.383 e. The van der Waals surface area contributed by atoms with E-state index in [4.69, 9.17) is 4.74 Å². The maximum Gasteiger partial charge on any atom is 0.253 e. The van der Waals surface area contributed by atoms with E-state index in [0.717, 1.165) is 18.5 Å². The van der Waals surface area contributed by atoms with Gasteiger partial charge in [-0.05, 0) is 24.1 Å². The molecule has 0 atom stereocenters. The summed E-state index contributed by atoms with van der Waals surface area (Å²) in [6, 6.07) is 5.50. The topological polar surface area (TPSA) is 70.7 Å². The van der Waals surface area contributed by atoms with Crippen molar-refractivity contribution in [2.24, 2.45) is 0 Å². The van der Waals surface area contributed by atoms with Crippen molar-refractivity contribution in [2.45, 2.75) is 6.42 Å². The first-order valence-electron chi connectivity index (χ1n) is 6.99. The first-order valence-corrected chi connectivity index (χ1v) is 6.99. The lowest BCUT2D eigenvalue weighted by atomic mass is 9.99. The number of rotatable bonds is 6. The van der Waals surface area contributed by atoms with Gasteiger partial charge in [-0.15, -0.1) is 0 Å². The monoisotopic (exact) mass is 291 g/mol. The molecule has 0 unspecified atom stereocenters. The molecule has 1 aromatic rings. The number of amides is 2. The lowest BCUT2D eigenvalue weighted by Gasteiger charge is -2.25. The van der Waals surface area contributed by atoms with E-state index in [-0.39, 0.29) is 18.4 Å². The summed E-state index contributed by atoms with van der Waals surface area (Å²) in [6.45, 7) is 2.14. The fourth-order valence-corrected chi connectivity index (χ4v) is 2.25. The van der Waals surface area contributed by atoms with E-state index >= 15 is 0 Å². The average Bonchev–Trinajstić information content (AvgIpc) is 2.48. The van der Waals surface area contributed by atoms with Crippen LogP contribution in [-0.4, -0.2) is 57.1 Å². The van der Waals surface area contributed by atoms with Crippen molar-refractivity contribution in [2.75, 3.05) is 45.7 Å². The van der Waals surface area contributed by atoms with Crippen LogP contribution in [0.2, 0.25) is 0 Å². The molecule has 6 nitrogen and oxygen atoms in total. The molecule has 114 valence electrons. The standard InChI is InChI=1S/C15H21N3O3/c1-18-7-5-11-3-4-12(9-13(11)15(18)20)17-14(19)10-16-6-8-21-2/h3-4,9,16H,5-8,10H2,1-2H3,(H,17,19). The van der Waals surface area contributed by atoms with E-state index in [2.05, 4.69) is 10.6 Å². The number of fused-ring (bicyclic) bond motifs is 1. The Morgan fingerprint density at radius 3 is 3.00 bits per heavy atom. The lowest BCUT2D eigenvalue weighted by molar-refractivity contribution is -0.115. The molecule has 1 aromatic carbocycles. The minimum Gasteiger partial charge on any atom is -0.383 e. The summed E-state index contributed by atoms with van der Waals surface area (Å²) in [5, 5.41) is 5.76. The van der Waals surface area contributed by atoms with Crippen molar-refractivity contribution in [3.05, 3.63) is 29.3 Å². The number of anilines is 1. The Bertz CT molecular complexity index is 531. The summed E-state index contributed by atoms with van der Waals surface area (Å²) in [7, 11) is 3.40. The number of hydrogen-bond donors (Lipinski definition) is 2. The molecule has 0 saturated heterocycles. The second-order valence-electron chi connectivity index (χ2n) is 5.07. The number of hydrogen-bond acceptors (Lipinski definition) is 4. The van der Waals surface area contributed by atoms with Crippen LogP contribution in [0.1, 0.15) is 15.9 Å². The number of nitrogens with zero attached hydrogens (tertiary/aromatic N) is 1. The summed E-state index contributed by atoms with van der Waals surface area (Å²) in [5.74, 6) is -0.131. The normalized spacial score (nSPS) is 14.0. The highest BCUT2D eigenvalue weighted by Crippen LogP contribution is 2.21. The summed E-state index contributed by atoms with van der Waals surface area (Å²) >= 11 is 0. The minimum absolute atomic E-state index is 0.00516. The van der Waals surface area contributed by atoms with Gasteiger partial charge in [-0.25, -0.2) is 0 Å². The molecule has 0 fully saturated rings. The Kier molecular flexibility index (Phi) is 5.30. The maximum atomic E-state index is 12.1. The highest BCUT2D eigenvalue weighted by atomic mass is 16.5. The highest BCUT2D eigenvalue weighted by Gasteiger charge is 2.21. The molecule has 0 bridgehead atoms. The van der Waals surface area contributed by atoms with Gasteiger partial charge in [-0.2, -0.15) is 0 Å². The van der Waals surface area contributed by atoms with Crippen LogP contribution in [0.3, 0.4) is 0 Å². The Morgan fingerprint density at radius 1 is 1.43 bits per heavy atom. The number of carbonyl (C=O) groups excluding carboxylic acids is 2. The van der Waals surface area contributed by atoms with Gasteiger partial charge in [0.25, 0.3) is 5.91 Å². The lowest BCUT2D eigenvalue weighted by Crippen LogP contribution is -2.34. The number of ether oxygens (including phenoxy) is 1. The smallest absolute Gasteiger partial charge is 0.253 e. The number of nitrogens with one attached hydrogen (secondary N) is 2. The first-order chi connectivity index (χ1) is 10.1. The molecule has 1 aliphatic heterocycles. The number of likely N-dealkylation sites (N-methyl/N-ethyl adjacent to an activating group) is 1. The zero-order valence-corrected chi connectivity index (χ0v) is 12.4. The molecule has 6 heteroatoms. The van der Waals surface area contributed by atoms with Gasteiger partial charge in [-0.3, -0.25) is 9.59 Å². The third-order valence-corrected chi connectivity index (χ3v) is 3.46. The quantitative estimate of drug-likeness (QED) is 0.748. The predicted molar refractivity (Wildman–Crippen MR) is 80.5 cm³/mol. The van der Waals surface area contributed by atoms with Gasteiger partial charge in [0, 0.05) is 38.5 Å². The Morgan fingerprint density at radius 2 is 2.24 bits per heavy atom. The van der Waals surface area contributed by atoms with Crippen LogP contribution < -0.4 is 10.6 Å². The molecule has 21 heavy (non-hydrogen) atoms. The van der Waals surface area contributed by atoms with Crippen LogP contribution >= 0.6 is 0 Å². The minimum atomic E-state index is -0.136. The molecular formula is C15H21N3O3. The van der Waals surface area contributed by atoms with Gasteiger partial charge >= 0.3 is 0 Å². The summed E-state index contributed by atoms with van der Waals surface area (Å²) in [4.78, 5) is 25.6. The Hall–Kier alpha value is -1.92. The zero-order chi connectivity index (χ0) is 15.2. The van der Waals surface area contributed by atoms with Crippen molar-refractivity contribution in [3.63, 3.8) is 0 Å². The average molecular weight is 291 g/mol. The third kappa shape index (κ3) is 4.03. The molecular weight excluding hydrogens is 270 g/mol. The van der Waals surface area contributed by atoms with E-state index in [0.29, 0.717) is 24.4 Å². The number of benzene rings is 1. The van der Waals surface area contributed by atoms with Crippen molar-refractivity contribution >= 4 is 17.5 Å². The SMILES string of the molecule is COCCNCC(=O)Nc1ccc2c(c1)C(=O)N(C)CC2. The maximum absolute atomic E-state index is 12.1. The molecule has 0 saturated carbocycles. The molecule has 0 radical (unpaired) electrons. The van der Waals surface area contributed by atoms with Gasteiger partial charge in [0.05, 0.1) is 13.2 Å². The molecule has 0 spiro atoms. The molecule has 1 heterocycles. The molecule has 2 amide bonds. The van der Waals surface area contributed by atoms with Crippen molar-refractivity contribution in [3.8, 4) is 0 Å². The van der Waals surface area contributed by atoms with Gasteiger partial charge in [0.2, 0.25) is 5.91 Å². The van der Waals surface area contributed by atoms with Crippen LogP contribution in [-0.2, 0) is 16.0 Å². The summed E-state index contributed by atoms with van der Waals surface area (Å²) in [5.41, 5.74) is 2.36. The summed E-state index contributed by atoms with van der Waals surface area (Å²) < 4.78 is 4.89. The van der Waals surface area contributed by atoms with Crippen molar-refractivity contribution in [1.82, 2.24) is 10.2 Å². The summed E-state index contributed by atoms with van der Waals surface area (Å²) in [6.07, 6.45) is 0.852. The van der Waals surface area contributed by atoms with Crippen LogP contribution in [0.15, 0.2) is 18.2 Å². The van der Waals surface area contributed by atoms with E-state index < -0.39 is 0 Å². The zero-order valence-electron chi connectivity index (χ0n) is 12.4. The molecule has 0 aliphatic carbocycles. The Labute approximate surface area is 124 Å². The van der Waals surface area contributed by atoms with Crippen molar-refractivity contribution in [1.29, 1.82) is 0 Å². The third-order valence-electron chi connectivity index (χ3n) is 3.46. The van der Waals surface area contributed by atoms with E-state index in [1.165, 1.54) is 0 Å². The second kappa shape index (κ2) is 7.19. The highest BCUT2D eigenvalue weighted by molar-refractivity contribution is 5.99. The molecule has 1 aliphatic rings. The van der Waals surface area contributed by atoms with Gasteiger partial charge < -0.3 is 20.3 Å². The second-order valence-corrected chi connectivity index (χ2v) is 5.07. The van der Waals surface area contributed by atoms with Gasteiger partial charge in [0.1, 0.15) is 0 Å². The fourth-order valence-electron chi connectivity index (χ4n) is 2.25. The van der Waals surface area contributed by atoms with E-state index in [9.17, 15) is 9.59 Å². The fraction of sp³-hybridized carbons (Fsp3) is 0.467. The van der Waals surface area contributed by atoms with Crippen molar-refractivity contribution < 1.29 is 14.3 Å². The predicted octanol–water partition coefficient (Wildman–Crippen LogP) is 0.489. The molecule has 2 N–H and O–H groups in total. The first kappa shape index (κ1) is 15.5. The number of carbonyl (C=O) groups is 2. The van der Waals surface area contributed by atoms with E-state index in [1.54, 1.807) is 25.1 Å². The van der Waals surface area contributed by atoms with Gasteiger partial charge in [-0.1, -0.05) is 6.07 Å². The van der Waals surface area contributed by atoms with Crippen LogP contribution in [0.25, 0.3) is 0 Å². The number of methoxy groups -OCH3 is 1.